The Morgan fingerprint density at radius 3 is 2.62 bits per heavy atom. The molecular formula is C19H29N3O4. The molecule has 1 aliphatic rings. The minimum absolute atomic E-state index is 0.00324. The Morgan fingerprint density at radius 1 is 1.27 bits per heavy atom. The number of hydrogen-bond acceptors (Lipinski definition) is 5. The zero-order valence-corrected chi connectivity index (χ0v) is 15.6. The molecule has 1 saturated heterocycles. The molecule has 0 aromatic heterocycles. The van der Waals surface area contributed by atoms with Gasteiger partial charge in [-0.05, 0) is 25.3 Å². The highest BCUT2D eigenvalue weighted by atomic mass is 16.5. The van der Waals surface area contributed by atoms with Crippen molar-refractivity contribution in [1.29, 1.82) is 0 Å². The van der Waals surface area contributed by atoms with Crippen molar-refractivity contribution in [1.82, 2.24) is 10.2 Å². The summed E-state index contributed by atoms with van der Waals surface area (Å²) in [6.07, 6.45) is 2.77. The molecule has 26 heavy (non-hydrogen) atoms. The van der Waals surface area contributed by atoms with E-state index < -0.39 is 6.04 Å². The second-order valence-electron chi connectivity index (χ2n) is 6.45. The molecule has 144 valence electrons. The minimum Gasteiger partial charge on any atom is -0.483 e. The normalized spacial score (nSPS) is 16.2. The first-order valence-electron chi connectivity index (χ1n) is 9.11. The van der Waals surface area contributed by atoms with Crippen molar-refractivity contribution in [2.75, 3.05) is 33.4 Å². The molecule has 1 aromatic carbocycles. The molecule has 2 rings (SSSR count). The van der Waals surface area contributed by atoms with Crippen molar-refractivity contribution in [3.8, 4) is 5.75 Å². The van der Waals surface area contributed by atoms with Gasteiger partial charge in [0.25, 0.3) is 5.91 Å². The molecule has 2 unspecified atom stereocenters. The van der Waals surface area contributed by atoms with Crippen molar-refractivity contribution in [2.24, 2.45) is 5.73 Å². The summed E-state index contributed by atoms with van der Waals surface area (Å²) in [5.74, 6) is 0.325. The molecule has 7 nitrogen and oxygen atoms in total. The fraction of sp³-hybridized carbons (Fsp3) is 0.579. The van der Waals surface area contributed by atoms with Gasteiger partial charge in [-0.2, -0.15) is 0 Å². The molecular weight excluding hydrogens is 334 g/mol. The quantitative estimate of drug-likeness (QED) is 0.688. The molecule has 0 radical (unpaired) electrons. The van der Waals surface area contributed by atoms with E-state index in [2.05, 4.69) is 5.32 Å². The Labute approximate surface area is 154 Å². The Balaban J connectivity index is 2.02. The minimum atomic E-state index is -0.723. The van der Waals surface area contributed by atoms with E-state index in [0.29, 0.717) is 12.2 Å². The third kappa shape index (κ3) is 5.44. The first kappa shape index (κ1) is 20.2. The number of carbonyl (C=O) groups is 2. The predicted octanol–water partition coefficient (Wildman–Crippen LogP) is 1.23. The monoisotopic (exact) mass is 363 g/mol. The molecule has 1 fully saturated rings. The van der Waals surface area contributed by atoms with Crippen LogP contribution in [0.15, 0.2) is 24.3 Å². The standard InChI is InChI=1S/C19H29N3O4/c1-3-16(21-19(24)15(20)12-25-2)14-8-4-5-9-17(14)26-13-18(23)22-10-6-7-11-22/h4-5,8-9,15-16H,3,6-7,10-13,20H2,1-2H3,(H,21,24). The van der Waals surface area contributed by atoms with Gasteiger partial charge >= 0.3 is 0 Å². The maximum Gasteiger partial charge on any atom is 0.260 e. The summed E-state index contributed by atoms with van der Waals surface area (Å²) in [7, 11) is 1.50. The molecule has 0 saturated carbocycles. The second kappa shape index (κ2) is 10.1. The number of carbonyl (C=O) groups excluding carboxylic acids is 2. The highest BCUT2D eigenvalue weighted by molar-refractivity contribution is 5.82. The van der Waals surface area contributed by atoms with Crippen LogP contribution in [0.5, 0.6) is 5.75 Å². The number of amides is 2. The zero-order valence-electron chi connectivity index (χ0n) is 15.6. The number of rotatable bonds is 9. The first-order valence-corrected chi connectivity index (χ1v) is 9.11. The summed E-state index contributed by atoms with van der Waals surface area (Å²) in [4.78, 5) is 26.2. The van der Waals surface area contributed by atoms with E-state index in [0.717, 1.165) is 31.5 Å². The Bertz CT molecular complexity index is 602. The first-order chi connectivity index (χ1) is 12.6. The summed E-state index contributed by atoms with van der Waals surface area (Å²) in [5, 5.41) is 2.93. The lowest BCUT2D eigenvalue weighted by molar-refractivity contribution is -0.132. The van der Waals surface area contributed by atoms with Crippen LogP contribution in [0.25, 0.3) is 0 Å². The number of nitrogens with zero attached hydrogens (tertiary/aromatic N) is 1. The summed E-state index contributed by atoms with van der Waals surface area (Å²) in [6.45, 7) is 3.73. The fourth-order valence-corrected chi connectivity index (χ4v) is 3.03. The second-order valence-corrected chi connectivity index (χ2v) is 6.45. The Hall–Kier alpha value is -2.12. The molecule has 2 atom stereocenters. The lowest BCUT2D eigenvalue weighted by atomic mass is 10.0. The van der Waals surface area contributed by atoms with Gasteiger partial charge in [-0.25, -0.2) is 0 Å². The van der Waals surface area contributed by atoms with E-state index in [1.165, 1.54) is 7.11 Å². The number of nitrogens with two attached hydrogens (primary N) is 1. The fourth-order valence-electron chi connectivity index (χ4n) is 3.03. The van der Waals surface area contributed by atoms with Crippen LogP contribution in [-0.2, 0) is 14.3 Å². The summed E-state index contributed by atoms with van der Waals surface area (Å²) in [6, 6.07) is 6.48. The number of methoxy groups -OCH3 is 1. The average Bonchev–Trinajstić information content (AvgIpc) is 3.19. The van der Waals surface area contributed by atoms with Gasteiger partial charge in [-0.3, -0.25) is 9.59 Å². The van der Waals surface area contributed by atoms with E-state index in [4.69, 9.17) is 15.2 Å². The highest BCUT2D eigenvalue weighted by Gasteiger charge is 2.22. The largest absolute Gasteiger partial charge is 0.483 e. The van der Waals surface area contributed by atoms with Crippen LogP contribution in [0, 0.1) is 0 Å². The molecule has 2 amide bonds. The maximum absolute atomic E-state index is 12.2. The van der Waals surface area contributed by atoms with E-state index in [1.54, 1.807) is 0 Å². The molecule has 1 heterocycles. The molecule has 1 aromatic rings. The van der Waals surface area contributed by atoms with Crippen LogP contribution >= 0.6 is 0 Å². The Kier molecular flexibility index (Phi) is 7.87. The summed E-state index contributed by atoms with van der Waals surface area (Å²) >= 11 is 0. The number of benzene rings is 1. The van der Waals surface area contributed by atoms with Crippen molar-refractivity contribution >= 4 is 11.8 Å². The van der Waals surface area contributed by atoms with Gasteiger partial charge in [0.2, 0.25) is 5.91 Å². The lowest BCUT2D eigenvalue weighted by Gasteiger charge is -2.23. The smallest absolute Gasteiger partial charge is 0.260 e. The number of ether oxygens (including phenoxy) is 2. The SMILES string of the molecule is CCC(NC(=O)C(N)COC)c1ccccc1OCC(=O)N1CCCC1. The van der Waals surface area contributed by atoms with Gasteiger partial charge in [0, 0.05) is 25.8 Å². The maximum atomic E-state index is 12.2. The molecule has 3 N–H and O–H groups in total. The van der Waals surface area contributed by atoms with Gasteiger partial charge in [0.1, 0.15) is 11.8 Å². The number of likely N-dealkylation sites (tertiary alicyclic amines) is 1. The summed E-state index contributed by atoms with van der Waals surface area (Å²) in [5.41, 5.74) is 6.63. The third-order valence-electron chi connectivity index (χ3n) is 4.51. The van der Waals surface area contributed by atoms with Gasteiger partial charge in [-0.15, -0.1) is 0 Å². The van der Waals surface area contributed by atoms with Crippen LogP contribution in [-0.4, -0.2) is 56.2 Å². The van der Waals surface area contributed by atoms with Gasteiger partial charge in [-0.1, -0.05) is 25.1 Å². The highest BCUT2D eigenvalue weighted by Crippen LogP contribution is 2.27. The molecule has 7 heteroatoms. The third-order valence-corrected chi connectivity index (χ3v) is 4.51. The topological polar surface area (TPSA) is 93.9 Å². The predicted molar refractivity (Wildman–Crippen MR) is 98.8 cm³/mol. The molecule has 1 aliphatic heterocycles. The number of nitrogens with one attached hydrogen (secondary N) is 1. The van der Waals surface area contributed by atoms with Crippen molar-refractivity contribution in [3.63, 3.8) is 0 Å². The van der Waals surface area contributed by atoms with Crippen LogP contribution in [0.1, 0.15) is 37.8 Å². The molecule has 0 spiro atoms. The lowest BCUT2D eigenvalue weighted by Crippen LogP contribution is -2.44. The van der Waals surface area contributed by atoms with Gasteiger partial charge in [0.05, 0.1) is 12.6 Å². The van der Waals surface area contributed by atoms with Crippen LogP contribution in [0.2, 0.25) is 0 Å². The van der Waals surface area contributed by atoms with E-state index >= 15 is 0 Å². The Morgan fingerprint density at radius 2 is 1.96 bits per heavy atom. The number of para-hydroxylation sites is 1. The van der Waals surface area contributed by atoms with E-state index in [1.807, 2.05) is 36.1 Å². The van der Waals surface area contributed by atoms with E-state index in [9.17, 15) is 9.59 Å². The van der Waals surface area contributed by atoms with Gasteiger partial charge in [0.15, 0.2) is 6.61 Å². The van der Waals surface area contributed by atoms with Crippen LogP contribution < -0.4 is 15.8 Å². The van der Waals surface area contributed by atoms with Crippen molar-refractivity contribution < 1.29 is 19.1 Å². The van der Waals surface area contributed by atoms with Gasteiger partial charge < -0.3 is 25.4 Å². The average molecular weight is 363 g/mol. The summed E-state index contributed by atoms with van der Waals surface area (Å²) < 4.78 is 10.7. The zero-order chi connectivity index (χ0) is 18.9. The van der Waals surface area contributed by atoms with Crippen LogP contribution in [0.4, 0.5) is 0 Å². The van der Waals surface area contributed by atoms with Crippen molar-refractivity contribution in [2.45, 2.75) is 38.3 Å². The number of hydrogen-bond donors (Lipinski definition) is 2. The molecule has 0 bridgehead atoms. The van der Waals surface area contributed by atoms with E-state index in [-0.39, 0.29) is 31.1 Å². The van der Waals surface area contributed by atoms with Crippen molar-refractivity contribution in [3.05, 3.63) is 29.8 Å². The molecule has 0 aliphatic carbocycles. The van der Waals surface area contributed by atoms with Crippen LogP contribution in [0.3, 0.4) is 0 Å².